The highest BCUT2D eigenvalue weighted by molar-refractivity contribution is 7.86. The van der Waals surface area contributed by atoms with E-state index in [0.29, 0.717) is 45.1 Å². The summed E-state index contributed by atoms with van der Waals surface area (Å²) >= 11 is 2.95. The van der Waals surface area contributed by atoms with Gasteiger partial charge in [-0.3, -0.25) is 23.8 Å². The molecule has 2 aromatic carbocycles. The molecule has 0 aliphatic heterocycles. The van der Waals surface area contributed by atoms with Gasteiger partial charge in [0, 0.05) is 81.2 Å². The van der Waals surface area contributed by atoms with Crippen molar-refractivity contribution in [2.75, 3.05) is 25.7 Å². The molecule has 19 nitrogen and oxygen atoms in total. The van der Waals surface area contributed by atoms with Crippen molar-refractivity contribution in [3.63, 3.8) is 0 Å². The second kappa shape index (κ2) is 31.5. The molecular formula is C51H74N10O9S7. The van der Waals surface area contributed by atoms with Gasteiger partial charge in [0.2, 0.25) is 0 Å². The lowest BCUT2D eigenvalue weighted by Gasteiger charge is -2.30. The number of carbonyl (C=O) groups is 4. The van der Waals surface area contributed by atoms with E-state index in [9.17, 15) is 23.4 Å². The number of nitrogens with one attached hydrogen (secondary N) is 5. The standard InChI is InChI=1S/C25H31N5O4S.C15H13N3O3S2.C11H22N2O2.4H2S/c1-25(2,3)34-24(32)29-16-7-5-15(6-8-16)28-23-30-19-10-9-17(14-21(19)35-23)33-18-11-12-27-20(13-18)22(31)26-4;1-16-14(19)12-7-10(5-6-17-12)21-9-3-4-11-13(8-9)22-15(18-11)23(2)20;1-11(2,3)15-10(14)13-9-6-4-8(12)5-7-9;;;;/h9-16H,5-8H2,1-4H3,(H,26,31)(H,28,30)(H,29,32);3-8H,1-2H3,(H,16,19);8-9H,4-7,12H2,1-3H3,(H,13,14);4*1H2. The molecule has 8 rings (SSSR count). The zero-order valence-corrected chi connectivity index (χ0v) is 51.1. The third-order valence-electron chi connectivity index (χ3n) is 11.1. The van der Waals surface area contributed by atoms with Crippen molar-refractivity contribution in [1.29, 1.82) is 0 Å². The molecule has 1 atom stereocenters. The second-order valence-corrected chi connectivity index (χ2v) is 23.0. The summed E-state index contributed by atoms with van der Waals surface area (Å²) < 4.78 is 36.3. The average molecular weight is 1200 g/mol. The Morgan fingerprint density at radius 1 is 0.584 bits per heavy atom. The number of hydrogen-bond acceptors (Lipinski definition) is 17. The Morgan fingerprint density at radius 3 is 1.42 bits per heavy atom. The summed E-state index contributed by atoms with van der Waals surface area (Å²) in [5, 5.41) is 15.3. The summed E-state index contributed by atoms with van der Waals surface area (Å²) in [7, 11) is 2.01. The molecule has 0 spiro atoms. The van der Waals surface area contributed by atoms with Gasteiger partial charge < -0.3 is 51.3 Å². The number of amides is 4. The number of pyridine rings is 2. The minimum Gasteiger partial charge on any atom is -0.457 e. The Bertz CT molecular complexity index is 2880. The molecule has 2 fully saturated rings. The molecule has 0 bridgehead atoms. The van der Waals surface area contributed by atoms with Gasteiger partial charge in [0.15, 0.2) is 9.47 Å². The van der Waals surface area contributed by atoms with Crippen molar-refractivity contribution in [3.05, 3.63) is 84.4 Å². The number of rotatable bonds is 11. The van der Waals surface area contributed by atoms with Crippen LogP contribution in [0.2, 0.25) is 0 Å². The monoisotopic (exact) mass is 1190 g/mol. The first-order valence-electron chi connectivity index (χ1n) is 24.0. The van der Waals surface area contributed by atoms with Crippen LogP contribution in [0.25, 0.3) is 20.4 Å². The number of nitrogens with zero attached hydrogens (tertiary/aromatic N) is 4. The molecule has 4 heterocycles. The van der Waals surface area contributed by atoms with E-state index >= 15 is 0 Å². The molecule has 0 radical (unpaired) electrons. The Kier molecular flexibility index (Phi) is 27.8. The van der Waals surface area contributed by atoms with Crippen molar-refractivity contribution in [1.82, 2.24) is 41.2 Å². The fraction of sp³-hybridized carbons (Fsp3) is 0.451. The van der Waals surface area contributed by atoms with Gasteiger partial charge in [-0.25, -0.2) is 19.6 Å². The topological polar surface area (TPSA) is 260 Å². The molecule has 4 aromatic heterocycles. The molecular weight excluding hydrogens is 1120 g/mol. The zero-order valence-electron chi connectivity index (χ0n) is 44.7. The van der Waals surface area contributed by atoms with Gasteiger partial charge in [-0.1, -0.05) is 11.3 Å². The average Bonchev–Trinajstić information content (AvgIpc) is 3.95. The van der Waals surface area contributed by atoms with Crippen molar-refractivity contribution < 1.29 is 42.3 Å². The van der Waals surface area contributed by atoms with Gasteiger partial charge >= 0.3 is 12.2 Å². The van der Waals surface area contributed by atoms with E-state index in [2.05, 4.69) is 41.5 Å². The molecule has 2 aliphatic carbocycles. The van der Waals surface area contributed by atoms with Crippen LogP contribution >= 0.6 is 76.7 Å². The van der Waals surface area contributed by atoms with Crippen molar-refractivity contribution >= 4 is 137 Å². The Morgan fingerprint density at radius 2 is 0.987 bits per heavy atom. The van der Waals surface area contributed by atoms with Crippen LogP contribution in [0, 0.1) is 0 Å². The number of nitrogens with two attached hydrogens (primary N) is 1. The maximum Gasteiger partial charge on any atom is 0.407 e. The van der Waals surface area contributed by atoms with Gasteiger partial charge in [0.25, 0.3) is 11.8 Å². The number of thiazole rings is 2. The first-order chi connectivity index (χ1) is 34.6. The molecule has 26 heteroatoms. The smallest absolute Gasteiger partial charge is 0.407 e. The van der Waals surface area contributed by atoms with Gasteiger partial charge in [0.05, 0.1) is 31.2 Å². The first kappa shape index (κ1) is 68.0. The van der Waals surface area contributed by atoms with Gasteiger partial charge in [-0.2, -0.15) is 54.0 Å². The number of carbonyl (C=O) groups excluding carboxylic acids is 4. The third kappa shape index (κ3) is 22.3. The lowest BCUT2D eigenvalue weighted by molar-refractivity contribution is 0.0480. The highest BCUT2D eigenvalue weighted by atomic mass is 32.2. The normalized spacial score (nSPS) is 17.1. The van der Waals surface area contributed by atoms with Crippen LogP contribution in [0.15, 0.2) is 77.4 Å². The van der Waals surface area contributed by atoms with Crippen LogP contribution in [-0.2, 0) is 20.3 Å². The predicted octanol–water partition coefficient (Wildman–Crippen LogP) is 9.90. The van der Waals surface area contributed by atoms with Crippen LogP contribution in [0.3, 0.4) is 0 Å². The molecule has 2 saturated carbocycles. The lowest BCUT2D eigenvalue weighted by Crippen LogP contribution is -2.42. The summed E-state index contributed by atoms with van der Waals surface area (Å²) in [5.74, 6) is 1.79. The molecule has 4 amide bonds. The molecule has 2 aliphatic rings. The SMILES string of the molecule is CC(C)(C)OC(=O)NC1CCC(N)CC1.CNC(=O)c1cc(Oc2ccc3nc(NC4CCC(NC(=O)OC(C)(C)C)CC4)sc3c2)ccn1.CNC(=O)c1cc(Oc2ccc3nc(S(C)=O)sc3c2)ccn1.S.S.S.S. The molecule has 6 aromatic rings. The summed E-state index contributed by atoms with van der Waals surface area (Å²) in [6.45, 7) is 11.2. The minimum atomic E-state index is -1.10. The quantitative estimate of drug-likeness (QED) is 0.0705. The number of aromatic nitrogens is 4. The lowest BCUT2D eigenvalue weighted by atomic mass is 9.91. The van der Waals surface area contributed by atoms with Crippen LogP contribution in [0.4, 0.5) is 14.7 Å². The van der Waals surface area contributed by atoms with E-state index in [1.165, 1.54) is 17.5 Å². The number of fused-ring (bicyclic) bond motifs is 2. The maximum absolute atomic E-state index is 12.0. The Hall–Kier alpha value is -5.09. The van der Waals surface area contributed by atoms with Crippen LogP contribution in [0.5, 0.6) is 23.0 Å². The number of anilines is 1. The largest absolute Gasteiger partial charge is 0.457 e. The van der Waals surface area contributed by atoms with Crippen LogP contribution in [0.1, 0.15) is 114 Å². The number of benzene rings is 2. The predicted molar refractivity (Wildman–Crippen MR) is 327 cm³/mol. The van der Waals surface area contributed by atoms with E-state index in [4.69, 9.17) is 29.7 Å². The summed E-state index contributed by atoms with van der Waals surface area (Å²) in [6, 6.07) is 18.7. The number of ether oxygens (including phenoxy) is 4. The molecule has 1 unspecified atom stereocenters. The first-order valence-corrected chi connectivity index (χ1v) is 27.2. The molecule has 0 saturated heterocycles. The zero-order chi connectivity index (χ0) is 52.9. The number of hydrogen-bond donors (Lipinski definition) is 6. The van der Waals surface area contributed by atoms with Crippen molar-refractivity contribution in [2.24, 2.45) is 5.73 Å². The molecule has 424 valence electrons. The summed E-state index contributed by atoms with van der Waals surface area (Å²) in [6.07, 6.45) is 11.6. The van der Waals surface area contributed by atoms with E-state index in [-0.39, 0.29) is 95.8 Å². The van der Waals surface area contributed by atoms with Crippen LogP contribution in [-0.4, -0.2) is 104 Å². The highest BCUT2D eigenvalue weighted by Gasteiger charge is 2.26. The van der Waals surface area contributed by atoms with Gasteiger partial charge in [0.1, 0.15) is 45.6 Å². The third-order valence-corrected chi connectivity index (χ3v) is 14.4. The highest BCUT2D eigenvalue weighted by Crippen LogP contribution is 2.34. The summed E-state index contributed by atoms with van der Waals surface area (Å²) in [4.78, 5) is 63.9. The van der Waals surface area contributed by atoms with E-state index in [1.807, 2.05) is 71.9 Å². The van der Waals surface area contributed by atoms with E-state index in [1.54, 1.807) is 68.2 Å². The minimum absolute atomic E-state index is 0. The Balaban J connectivity index is 0.000000419. The van der Waals surface area contributed by atoms with Gasteiger partial charge in [-0.15, -0.1) is 11.3 Å². The number of alkyl carbamates (subject to hydrolysis) is 2. The fourth-order valence-corrected chi connectivity index (χ4v) is 10.3. The van der Waals surface area contributed by atoms with Crippen LogP contribution < -0.4 is 41.8 Å². The van der Waals surface area contributed by atoms with E-state index in [0.717, 1.165) is 76.9 Å². The van der Waals surface area contributed by atoms with Crippen molar-refractivity contribution in [2.45, 2.75) is 133 Å². The Labute approximate surface area is 488 Å². The maximum atomic E-state index is 12.0. The summed E-state index contributed by atoms with van der Waals surface area (Å²) in [5.41, 5.74) is 7.13. The van der Waals surface area contributed by atoms with Crippen molar-refractivity contribution in [3.8, 4) is 23.0 Å². The molecule has 7 N–H and O–H groups in total. The second-order valence-electron chi connectivity index (χ2n) is 19.4. The van der Waals surface area contributed by atoms with E-state index < -0.39 is 22.0 Å². The molecule has 77 heavy (non-hydrogen) atoms. The van der Waals surface area contributed by atoms with Gasteiger partial charge in [-0.05, 0) is 129 Å². The fourth-order valence-electron chi connectivity index (χ4n) is 7.60.